The number of nitrogens with zero attached hydrogens (tertiary/aromatic N) is 1. The second-order valence-corrected chi connectivity index (χ2v) is 7.14. The van der Waals surface area contributed by atoms with E-state index >= 15 is 0 Å². The topological polar surface area (TPSA) is 60.8 Å². The highest BCUT2D eigenvalue weighted by atomic mass is 35.5. The van der Waals surface area contributed by atoms with Gasteiger partial charge in [0.15, 0.2) is 0 Å². The van der Waals surface area contributed by atoms with Gasteiger partial charge in [0.25, 0.3) is 0 Å². The second-order valence-electron chi connectivity index (χ2n) is 6.73. The van der Waals surface area contributed by atoms with Crippen molar-refractivity contribution in [2.24, 2.45) is 0 Å². The fraction of sp³-hybridized carbons (Fsp3) is 0.562. The van der Waals surface area contributed by atoms with Gasteiger partial charge in [0.05, 0.1) is 11.6 Å². The van der Waals surface area contributed by atoms with Crippen LogP contribution in [0, 0.1) is 0 Å². The summed E-state index contributed by atoms with van der Waals surface area (Å²) in [4.78, 5) is 13.2. The molecule has 0 spiro atoms. The lowest BCUT2D eigenvalue weighted by molar-refractivity contribution is 0.0594. The predicted octanol–water partition coefficient (Wildman–Crippen LogP) is 4.16. The van der Waals surface area contributed by atoms with Crippen LogP contribution in [0.3, 0.4) is 0 Å². The molecule has 0 heterocycles. The van der Waals surface area contributed by atoms with Crippen molar-refractivity contribution in [2.45, 2.75) is 57.7 Å². The van der Waals surface area contributed by atoms with Crippen LogP contribution in [0.5, 0.6) is 0 Å². The van der Waals surface area contributed by atoms with E-state index < -0.39 is 23.3 Å². The van der Waals surface area contributed by atoms with Gasteiger partial charge in [-0.2, -0.15) is 0 Å². The fourth-order valence-electron chi connectivity index (χ4n) is 3.03. The Kier molecular flexibility index (Phi) is 3.98. The largest absolute Gasteiger partial charge is 0.465 e. The number of halogens is 1. The highest BCUT2D eigenvalue weighted by molar-refractivity contribution is 6.31. The molecule has 1 atom stereocenters. The van der Waals surface area contributed by atoms with E-state index in [4.69, 9.17) is 11.6 Å². The number of hydrogen-bond donors (Lipinski definition) is 2. The zero-order valence-electron chi connectivity index (χ0n) is 12.9. The lowest BCUT2D eigenvalue weighted by atomic mass is 9.95. The van der Waals surface area contributed by atoms with Crippen molar-refractivity contribution in [1.82, 2.24) is 4.90 Å². The van der Waals surface area contributed by atoms with Crippen molar-refractivity contribution in [3.63, 3.8) is 0 Å². The third kappa shape index (κ3) is 2.87. The van der Waals surface area contributed by atoms with Crippen LogP contribution in [-0.4, -0.2) is 26.7 Å². The number of benzene rings is 1. The molecule has 1 aromatic carbocycles. The molecule has 0 aliphatic heterocycles. The summed E-state index contributed by atoms with van der Waals surface area (Å²) in [5, 5.41) is 19.7. The minimum atomic E-state index is -0.921. The van der Waals surface area contributed by atoms with Gasteiger partial charge < -0.3 is 10.2 Å². The lowest BCUT2D eigenvalue weighted by Crippen LogP contribution is -2.51. The first-order valence-electron chi connectivity index (χ1n) is 7.11. The Bertz CT molecular complexity index is 559. The zero-order chi connectivity index (χ0) is 16.0. The van der Waals surface area contributed by atoms with Crippen molar-refractivity contribution in [3.8, 4) is 0 Å². The van der Waals surface area contributed by atoms with Gasteiger partial charge in [-0.05, 0) is 57.7 Å². The van der Waals surface area contributed by atoms with Crippen molar-refractivity contribution in [3.05, 3.63) is 34.3 Å². The molecule has 0 bridgehead atoms. The summed E-state index contributed by atoms with van der Waals surface area (Å²) in [7, 11) is 0. The number of carbonyl (C=O) groups is 1. The number of aliphatic hydroxyl groups excluding tert-OH is 1. The lowest BCUT2D eigenvalue weighted by Gasteiger charge is -2.40. The zero-order valence-corrected chi connectivity index (χ0v) is 13.6. The summed E-state index contributed by atoms with van der Waals surface area (Å²) in [5.74, 6) is 0. The van der Waals surface area contributed by atoms with Crippen LogP contribution in [0.4, 0.5) is 4.79 Å². The Balaban J connectivity index is 2.45. The highest BCUT2D eigenvalue weighted by Gasteiger charge is 2.55. The van der Waals surface area contributed by atoms with E-state index in [-0.39, 0.29) is 0 Å². The monoisotopic (exact) mass is 311 g/mol. The number of hydrogen-bond acceptors (Lipinski definition) is 2. The second kappa shape index (κ2) is 5.18. The van der Waals surface area contributed by atoms with E-state index in [0.717, 1.165) is 18.4 Å². The molecule has 1 amide bonds. The van der Waals surface area contributed by atoms with Crippen LogP contribution < -0.4 is 0 Å². The average molecular weight is 312 g/mol. The minimum Gasteiger partial charge on any atom is -0.465 e. The van der Waals surface area contributed by atoms with E-state index in [0.29, 0.717) is 10.6 Å². The summed E-state index contributed by atoms with van der Waals surface area (Å²) in [6.45, 7) is 7.35. The van der Waals surface area contributed by atoms with Gasteiger partial charge in [0.2, 0.25) is 0 Å². The molecule has 21 heavy (non-hydrogen) atoms. The molecule has 1 aliphatic carbocycles. The average Bonchev–Trinajstić information content (AvgIpc) is 3.07. The Hall–Kier alpha value is -1.26. The van der Waals surface area contributed by atoms with E-state index in [1.165, 1.54) is 4.90 Å². The molecule has 1 saturated carbocycles. The Morgan fingerprint density at radius 2 is 1.95 bits per heavy atom. The fourth-order valence-corrected chi connectivity index (χ4v) is 3.37. The molecule has 116 valence electrons. The standard InChI is InChI=1S/C16H22ClNO3/c1-10(19)12-6-5-11(9-13(12)17)16(7-8-16)18(14(20)21)15(2,3)4/h5-6,9-10,19H,7-8H2,1-4H3,(H,20,21)/t10-/m0/s1. The van der Waals surface area contributed by atoms with Crippen LogP contribution in [0.15, 0.2) is 18.2 Å². The molecule has 0 saturated heterocycles. The molecule has 1 fully saturated rings. The number of aliphatic hydroxyl groups is 1. The third-order valence-corrected chi connectivity index (χ3v) is 4.33. The van der Waals surface area contributed by atoms with Crippen LogP contribution in [-0.2, 0) is 5.54 Å². The van der Waals surface area contributed by atoms with E-state index in [9.17, 15) is 15.0 Å². The molecular weight excluding hydrogens is 290 g/mol. The summed E-state index contributed by atoms with van der Waals surface area (Å²) in [6, 6.07) is 5.45. The minimum absolute atomic E-state index is 0.480. The molecule has 5 heteroatoms. The maximum absolute atomic E-state index is 11.7. The number of amides is 1. The summed E-state index contributed by atoms with van der Waals surface area (Å²) < 4.78 is 0. The summed E-state index contributed by atoms with van der Waals surface area (Å²) in [5.41, 5.74) is 0.575. The Morgan fingerprint density at radius 3 is 2.29 bits per heavy atom. The van der Waals surface area contributed by atoms with Gasteiger partial charge in [-0.1, -0.05) is 23.7 Å². The van der Waals surface area contributed by atoms with Crippen molar-refractivity contribution >= 4 is 17.7 Å². The van der Waals surface area contributed by atoms with Crippen LogP contribution >= 0.6 is 11.6 Å². The first kappa shape index (κ1) is 16.1. The SMILES string of the molecule is C[C@H](O)c1ccc(C2(N(C(=O)O)C(C)(C)C)CC2)cc1Cl. The van der Waals surface area contributed by atoms with Gasteiger partial charge in [0.1, 0.15) is 0 Å². The van der Waals surface area contributed by atoms with Gasteiger partial charge in [0, 0.05) is 10.6 Å². The predicted molar refractivity (Wildman–Crippen MR) is 82.6 cm³/mol. The first-order valence-corrected chi connectivity index (χ1v) is 7.48. The van der Waals surface area contributed by atoms with Crippen LogP contribution in [0.2, 0.25) is 5.02 Å². The molecule has 0 radical (unpaired) electrons. The summed E-state index contributed by atoms with van der Waals surface area (Å²) in [6.07, 6.45) is 0.0256. The third-order valence-electron chi connectivity index (χ3n) is 4.00. The quantitative estimate of drug-likeness (QED) is 0.881. The molecule has 4 nitrogen and oxygen atoms in total. The van der Waals surface area contributed by atoms with Crippen LogP contribution in [0.1, 0.15) is 57.8 Å². The molecule has 1 aromatic rings. The summed E-state index contributed by atoms with van der Waals surface area (Å²) >= 11 is 6.23. The molecule has 0 aromatic heterocycles. The van der Waals surface area contributed by atoms with Crippen molar-refractivity contribution in [1.29, 1.82) is 0 Å². The van der Waals surface area contributed by atoms with Crippen molar-refractivity contribution in [2.75, 3.05) is 0 Å². The molecule has 2 N–H and O–H groups in total. The Labute approximate surface area is 130 Å². The number of rotatable bonds is 3. The molecule has 1 aliphatic rings. The maximum Gasteiger partial charge on any atom is 0.408 e. The molecular formula is C16H22ClNO3. The van der Waals surface area contributed by atoms with Gasteiger partial charge in [-0.25, -0.2) is 4.79 Å². The van der Waals surface area contributed by atoms with Crippen LogP contribution in [0.25, 0.3) is 0 Å². The van der Waals surface area contributed by atoms with Gasteiger partial charge >= 0.3 is 6.09 Å². The van der Waals surface area contributed by atoms with Gasteiger partial charge in [-0.15, -0.1) is 0 Å². The normalized spacial score (nSPS) is 18.2. The van der Waals surface area contributed by atoms with E-state index in [2.05, 4.69) is 0 Å². The van der Waals surface area contributed by atoms with E-state index in [1.54, 1.807) is 19.1 Å². The highest BCUT2D eigenvalue weighted by Crippen LogP contribution is 2.54. The van der Waals surface area contributed by atoms with E-state index in [1.807, 2.05) is 26.8 Å². The molecule has 2 rings (SSSR count). The Morgan fingerprint density at radius 1 is 1.38 bits per heavy atom. The smallest absolute Gasteiger partial charge is 0.408 e. The maximum atomic E-state index is 11.7. The number of carboxylic acid groups (broad SMARTS) is 1. The van der Waals surface area contributed by atoms with Crippen molar-refractivity contribution < 1.29 is 15.0 Å². The first-order chi connectivity index (χ1) is 9.59. The molecule has 0 unspecified atom stereocenters. The van der Waals surface area contributed by atoms with Gasteiger partial charge in [-0.3, -0.25) is 4.90 Å².